The Morgan fingerprint density at radius 1 is 1.22 bits per heavy atom. The van der Waals surface area contributed by atoms with Gasteiger partial charge in [-0.3, -0.25) is 0 Å². The topological polar surface area (TPSA) is 75.1 Å². The van der Waals surface area contributed by atoms with Gasteiger partial charge in [0.1, 0.15) is 22.2 Å². The molecule has 1 aliphatic carbocycles. The van der Waals surface area contributed by atoms with Crippen molar-refractivity contribution < 1.29 is 14.3 Å². The van der Waals surface area contributed by atoms with E-state index in [-0.39, 0.29) is 11.4 Å². The van der Waals surface area contributed by atoms with Gasteiger partial charge in [-0.2, -0.15) is 0 Å². The molecule has 1 heterocycles. The molecule has 0 saturated heterocycles. The number of thioether (sulfide) groups is 2. The van der Waals surface area contributed by atoms with E-state index in [1.165, 1.54) is 43.2 Å². The molecule has 1 fully saturated rings. The Labute approximate surface area is 166 Å². The maximum atomic E-state index is 13.1. The van der Waals surface area contributed by atoms with Crippen molar-refractivity contribution in [1.29, 1.82) is 0 Å². The van der Waals surface area contributed by atoms with E-state index in [1.807, 2.05) is 6.26 Å². The number of anilines is 1. The van der Waals surface area contributed by atoms with Crippen LogP contribution in [0.4, 0.5) is 10.2 Å². The number of halogens is 1. The summed E-state index contributed by atoms with van der Waals surface area (Å²) in [4.78, 5) is 20.8. The Morgan fingerprint density at radius 3 is 2.56 bits per heavy atom. The van der Waals surface area contributed by atoms with E-state index in [1.54, 1.807) is 23.9 Å². The fourth-order valence-electron chi connectivity index (χ4n) is 3.05. The first-order valence-electron chi connectivity index (χ1n) is 8.91. The number of nitrogens with one attached hydrogen (secondary N) is 1. The van der Waals surface area contributed by atoms with Gasteiger partial charge < -0.3 is 10.4 Å². The largest absolute Gasteiger partial charge is 0.477 e. The zero-order chi connectivity index (χ0) is 19.2. The summed E-state index contributed by atoms with van der Waals surface area (Å²) in [7, 11) is 0. The van der Waals surface area contributed by atoms with E-state index in [4.69, 9.17) is 0 Å². The molecule has 0 unspecified atom stereocenters. The number of carboxylic acid groups (broad SMARTS) is 1. The smallest absolute Gasteiger partial charge is 0.342 e. The van der Waals surface area contributed by atoms with Crippen molar-refractivity contribution in [3.05, 3.63) is 41.2 Å². The molecule has 2 aromatic rings. The molecule has 1 aromatic heterocycles. The van der Waals surface area contributed by atoms with Crippen LogP contribution >= 0.6 is 23.5 Å². The third kappa shape index (κ3) is 5.35. The molecule has 1 saturated carbocycles. The monoisotopic (exact) mass is 407 g/mol. The molecule has 1 aromatic carbocycles. The maximum Gasteiger partial charge on any atom is 0.342 e. The van der Waals surface area contributed by atoms with E-state index >= 15 is 0 Å². The van der Waals surface area contributed by atoms with Crippen LogP contribution in [-0.4, -0.2) is 32.5 Å². The van der Waals surface area contributed by atoms with Crippen molar-refractivity contribution >= 4 is 35.3 Å². The highest BCUT2D eigenvalue weighted by Crippen LogP contribution is 2.36. The molecule has 8 heteroatoms. The fourth-order valence-corrected chi connectivity index (χ4v) is 4.80. The van der Waals surface area contributed by atoms with Gasteiger partial charge in [-0.1, -0.05) is 43.2 Å². The van der Waals surface area contributed by atoms with Gasteiger partial charge in [0, 0.05) is 11.8 Å². The Balaban J connectivity index is 1.87. The van der Waals surface area contributed by atoms with Crippen LogP contribution in [0.25, 0.3) is 0 Å². The lowest BCUT2D eigenvalue weighted by Gasteiger charge is -2.22. The second kappa shape index (κ2) is 9.41. The molecule has 0 amide bonds. The average molecular weight is 408 g/mol. The zero-order valence-electron chi connectivity index (χ0n) is 15.1. The number of nitrogens with zero attached hydrogens (tertiary/aromatic N) is 2. The predicted octanol–water partition coefficient (Wildman–Crippen LogP) is 5.07. The van der Waals surface area contributed by atoms with E-state index in [0.29, 0.717) is 27.8 Å². The number of benzene rings is 1. The van der Waals surface area contributed by atoms with Crippen molar-refractivity contribution in [2.45, 2.75) is 54.1 Å². The predicted molar refractivity (Wildman–Crippen MR) is 107 cm³/mol. The second-order valence-electron chi connectivity index (χ2n) is 6.40. The molecule has 3 rings (SSSR count). The molecule has 0 atom stereocenters. The SMILES string of the molecule is CSc1nc(NCc2ccc(F)cc2)c(C(=O)O)c(SC2CCCCC2)n1. The number of hydrogen-bond donors (Lipinski definition) is 2. The molecule has 0 aliphatic heterocycles. The summed E-state index contributed by atoms with van der Waals surface area (Å²) in [6, 6.07) is 6.09. The van der Waals surface area contributed by atoms with E-state index < -0.39 is 5.97 Å². The summed E-state index contributed by atoms with van der Waals surface area (Å²) in [6.07, 6.45) is 7.63. The Hall–Kier alpha value is -1.80. The van der Waals surface area contributed by atoms with Gasteiger partial charge in [0.25, 0.3) is 0 Å². The molecule has 2 N–H and O–H groups in total. The van der Waals surface area contributed by atoms with Crippen molar-refractivity contribution in [1.82, 2.24) is 9.97 Å². The molecule has 0 bridgehead atoms. The van der Waals surface area contributed by atoms with Gasteiger partial charge in [0.15, 0.2) is 5.16 Å². The highest BCUT2D eigenvalue weighted by atomic mass is 32.2. The number of aromatic nitrogens is 2. The van der Waals surface area contributed by atoms with Crippen LogP contribution in [0.15, 0.2) is 34.4 Å². The first-order chi connectivity index (χ1) is 13.1. The van der Waals surface area contributed by atoms with Crippen LogP contribution < -0.4 is 5.32 Å². The number of aromatic carboxylic acids is 1. The van der Waals surface area contributed by atoms with Crippen LogP contribution in [0, 0.1) is 5.82 Å². The number of hydrogen-bond acceptors (Lipinski definition) is 6. The molecule has 27 heavy (non-hydrogen) atoms. The Kier molecular flexibility index (Phi) is 6.95. The summed E-state index contributed by atoms with van der Waals surface area (Å²) < 4.78 is 13.1. The zero-order valence-corrected chi connectivity index (χ0v) is 16.7. The standard InChI is InChI=1S/C19H22FN3O2S2/c1-26-19-22-16(21-11-12-7-9-13(20)10-8-12)15(18(24)25)17(23-19)27-14-5-3-2-4-6-14/h7-10,14H,2-6,11H2,1H3,(H,24,25)(H,21,22,23). The van der Waals surface area contributed by atoms with Crippen LogP contribution in [0.1, 0.15) is 48.0 Å². The molecular weight excluding hydrogens is 385 g/mol. The second-order valence-corrected chi connectivity index (χ2v) is 8.46. The van der Waals surface area contributed by atoms with Gasteiger partial charge in [0.2, 0.25) is 0 Å². The summed E-state index contributed by atoms with van der Waals surface area (Å²) in [5.41, 5.74) is 0.962. The number of carbonyl (C=O) groups is 1. The quantitative estimate of drug-likeness (QED) is 0.377. The normalized spacial score (nSPS) is 14.9. The van der Waals surface area contributed by atoms with Crippen LogP contribution in [-0.2, 0) is 6.54 Å². The minimum atomic E-state index is -1.04. The third-order valence-electron chi connectivity index (χ3n) is 4.46. The van der Waals surface area contributed by atoms with Gasteiger partial charge in [-0.25, -0.2) is 19.2 Å². The molecule has 5 nitrogen and oxygen atoms in total. The van der Waals surface area contributed by atoms with E-state index in [2.05, 4.69) is 15.3 Å². The molecule has 0 radical (unpaired) electrons. The lowest BCUT2D eigenvalue weighted by atomic mass is 10.0. The molecule has 1 aliphatic rings. The first kappa shape index (κ1) is 19.9. The molecule has 0 spiro atoms. The maximum absolute atomic E-state index is 13.1. The lowest BCUT2D eigenvalue weighted by Crippen LogP contribution is -2.14. The Bertz CT molecular complexity index is 796. The van der Waals surface area contributed by atoms with Crippen molar-refractivity contribution in [2.75, 3.05) is 11.6 Å². The van der Waals surface area contributed by atoms with Gasteiger partial charge in [0.05, 0.1) is 0 Å². The number of rotatable bonds is 7. The first-order valence-corrected chi connectivity index (χ1v) is 11.0. The third-order valence-corrected chi connectivity index (χ3v) is 6.33. The summed E-state index contributed by atoms with van der Waals surface area (Å²) in [5, 5.41) is 14.3. The summed E-state index contributed by atoms with van der Waals surface area (Å²) >= 11 is 2.94. The fraction of sp³-hybridized carbons (Fsp3) is 0.421. The van der Waals surface area contributed by atoms with Gasteiger partial charge in [-0.15, -0.1) is 11.8 Å². The van der Waals surface area contributed by atoms with Crippen LogP contribution in [0.2, 0.25) is 0 Å². The van der Waals surface area contributed by atoms with Crippen molar-refractivity contribution in [2.24, 2.45) is 0 Å². The Morgan fingerprint density at radius 2 is 1.93 bits per heavy atom. The van der Waals surface area contributed by atoms with Crippen LogP contribution in [0.3, 0.4) is 0 Å². The highest BCUT2D eigenvalue weighted by molar-refractivity contribution is 8.00. The average Bonchev–Trinajstić information content (AvgIpc) is 2.67. The summed E-state index contributed by atoms with van der Waals surface area (Å²) in [6.45, 7) is 0.360. The number of carboxylic acids is 1. The van der Waals surface area contributed by atoms with Crippen LogP contribution in [0.5, 0.6) is 0 Å². The van der Waals surface area contributed by atoms with E-state index in [9.17, 15) is 14.3 Å². The minimum absolute atomic E-state index is 0.116. The summed E-state index contributed by atoms with van der Waals surface area (Å²) in [5.74, 6) is -1.03. The van der Waals surface area contributed by atoms with E-state index in [0.717, 1.165) is 18.4 Å². The minimum Gasteiger partial charge on any atom is -0.477 e. The highest BCUT2D eigenvalue weighted by Gasteiger charge is 2.24. The molecular formula is C19H22FN3O2S2. The molecule has 144 valence electrons. The van der Waals surface area contributed by atoms with Gasteiger partial charge in [-0.05, 0) is 36.8 Å². The van der Waals surface area contributed by atoms with Gasteiger partial charge >= 0.3 is 5.97 Å². The van der Waals surface area contributed by atoms with Crippen molar-refractivity contribution in [3.8, 4) is 0 Å². The lowest BCUT2D eigenvalue weighted by molar-refractivity contribution is 0.0692. The van der Waals surface area contributed by atoms with Crippen molar-refractivity contribution in [3.63, 3.8) is 0 Å².